The number of rotatable bonds is 5. The zero-order chi connectivity index (χ0) is 9.68. The second-order valence-electron chi connectivity index (χ2n) is 4.99. The molecule has 1 aliphatic rings. The van der Waals surface area contributed by atoms with Crippen molar-refractivity contribution < 1.29 is 0 Å². The van der Waals surface area contributed by atoms with Gasteiger partial charge in [0.2, 0.25) is 0 Å². The predicted octanol–water partition coefficient (Wildman–Crippen LogP) is 3.20. The average Bonchev–Trinajstić information content (AvgIpc) is 2.52. The number of hydrogen-bond donors (Lipinski definition) is 1. The Kier molecular flexibility index (Phi) is 4.79. The number of hydrogen-bond acceptors (Lipinski definition) is 1. The minimum atomic E-state index is 0.823. The summed E-state index contributed by atoms with van der Waals surface area (Å²) in [6, 6.07) is 0.823. The molecule has 1 heteroatoms. The Balaban J connectivity index is 2.03. The van der Waals surface area contributed by atoms with Crippen molar-refractivity contribution in [2.45, 2.75) is 58.4 Å². The summed E-state index contributed by atoms with van der Waals surface area (Å²) < 4.78 is 0. The van der Waals surface area contributed by atoms with Crippen molar-refractivity contribution in [3.8, 4) is 0 Å². The molecule has 78 valence electrons. The van der Waals surface area contributed by atoms with E-state index < -0.39 is 0 Å². The quantitative estimate of drug-likeness (QED) is 0.690. The Labute approximate surface area is 83.3 Å². The Morgan fingerprint density at radius 2 is 2.08 bits per heavy atom. The molecule has 1 saturated carbocycles. The second-order valence-corrected chi connectivity index (χ2v) is 4.99. The molecular weight excluding hydrogens is 158 g/mol. The first-order valence-corrected chi connectivity index (χ1v) is 5.89. The van der Waals surface area contributed by atoms with Crippen LogP contribution in [0.3, 0.4) is 0 Å². The van der Waals surface area contributed by atoms with Crippen molar-refractivity contribution >= 4 is 0 Å². The third kappa shape index (κ3) is 4.12. The number of nitrogens with one attached hydrogen (secondary N) is 1. The van der Waals surface area contributed by atoms with Crippen molar-refractivity contribution in [3.05, 3.63) is 0 Å². The van der Waals surface area contributed by atoms with E-state index in [1.165, 1.54) is 38.5 Å². The maximum Gasteiger partial charge on any atom is 0.00668 e. The fraction of sp³-hybridized carbons (Fsp3) is 1.00. The van der Waals surface area contributed by atoms with Gasteiger partial charge in [-0.2, -0.15) is 0 Å². The highest BCUT2D eigenvalue weighted by Crippen LogP contribution is 2.29. The molecule has 2 atom stereocenters. The summed E-state index contributed by atoms with van der Waals surface area (Å²) in [5, 5.41) is 3.39. The van der Waals surface area contributed by atoms with E-state index in [-0.39, 0.29) is 0 Å². The Bertz CT molecular complexity index is 131. The predicted molar refractivity (Wildman–Crippen MR) is 58.9 cm³/mol. The zero-order valence-electron chi connectivity index (χ0n) is 9.47. The van der Waals surface area contributed by atoms with Crippen LogP contribution in [0.5, 0.6) is 0 Å². The van der Waals surface area contributed by atoms with Gasteiger partial charge in [0, 0.05) is 6.04 Å². The van der Waals surface area contributed by atoms with Crippen LogP contribution < -0.4 is 5.32 Å². The van der Waals surface area contributed by atoms with Crippen LogP contribution in [0.15, 0.2) is 0 Å². The maximum absolute atomic E-state index is 3.39. The van der Waals surface area contributed by atoms with Gasteiger partial charge in [-0.1, -0.05) is 33.1 Å². The van der Waals surface area contributed by atoms with Gasteiger partial charge in [0.25, 0.3) is 0 Å². The summed E-state index contributed by atoms with van der Waals surface area (Å²) in [7, 11) is 2.10. The van der Waals surface area contributed by atoms with E-state index in [1.807, 2.05) is 0 Å². The van der Waals surface area contributed by atoms with Gasteiger partial charge in [0.05, 0.1) is 0 Å². The van der Waals surface area contributed by atoms with E-state index in [1.54, 1.807) is 0 Å². The highest BCUT2D eigenvalue weighted by molar-refractivity contribution is 4.79. The molecule has 1 nitrogen and oxygen atoms in total. The molecular formula is C12H25N. The molecule has 2 unspecified atom stereocenters. The van der Waals surface area contributed by atoms with Gasteiger partial charge in [0.1, 0.15) is 0 Å². The first kappa shape index (κ1) is 11.0. The molecule has 1 fully saturated rings. The summed E-state index contributed by atoms with van der Waals surface area (Å²) in [4.78, 5) is 0. The minimum Gasteiger partial charge on any atom is -0.317 e. The lowest BCUT2D eigenvalue weighted by atomic mass is 9.97. The molecule has 0 spiro atoms. The van der Waals surface area contributed by atoms with Gasteiger partial charge in [-0.25, -0.2) is 0 Å². The summed E-state index contributed by atoms with van der Waals surface area (Å²) in [6.07, 6.45) is 8.62. The van der Waals surface area contributed by atoms with Gasteiger partial charge in [-0.05, 0) is 38.1 Å². The van der Waals surface area contributed by atoms with Crippen LogP contribution in [-0.4, -0.2) is 13.1 Å². The van der Waals surface area contributed by atoms with E-state index in [9.17, 15) is 0 Å². The van der Waals surface area contributed by atoms with Gasteiger partial charge in [0.15, 0.2) is 0 Å². The van der Waals surface area contributed by atoms with Crippen LogP contribution >= 0.6 is 0 Å². The van der Waals surface area contributed by atoms with Crippen molar-refractivity contribution in [2.75, 3.05) is 7.05 Å². The average molecular weight is 183 g/mol. The summed E-state index contributed by atoms with van der Waals surface area (Å²) in [5.74, 6) is 1.91. The molecule has 0 aromatic rings. The fourth-order valence-electron chi connectivity index (χ4n) is 2.41. The molecule has 0 heterocycles. The van der Waals surface area contributed by atoms with Gasteiger partial charge in [-0.15, -0.1) is 0 Å². The van der Waals surface area contributed by atoms with E-state index in [0.29, 0.717) is 0 Å². The highest BCUT2D eigenvalue weighted by Gasteiger charge is 2.22. The first-order valence-electron chi connectivity index (χ1n) is 5.89. The highest BCUT2D eigenvalue weighted by atomic mass is 14.9. The van der Waals surface area contributed by atoms with Crippen molar-refractivity contribution in [3.63, 3.8) is 0 Å². The molecule has 0 radical (unpaired) electrons. The SMILES string of the molecule is CNC1CCC(CCCC(C)C)C1. The lowest BCUT2D eigenvalue weighted by Crippen LogP contribution is -2.21. The van der Waals surface area contributed by atoms with Crippen LogP contribution in [0.2, 0.25) is 0 Å². The topological polar surface area (TPSA) is 12.0 Å². The lowest BCUT2D eigenvalue weighted by molar-refractivity contribution is 0.430. The van der Waals surface area contributed by atoms with Crippen molar-refractivity contribution in [2.24, 2.45) is 11.8 Å². The molecule has 0 aliphatic heterocycles. The Hall–Kier alpha value is -0.0400. The molecule has 1 aliphatic carbocycles. The van der Waals surface area contributed by atoms with Crippen LogP contribution in [0.25, 0.3) is 0 Å². The standard InChI is InChI=1S/C12H25N/c1-10(2)5-4-6-11-7-8-12(9-11)13-3/h10-13H,4-9H2,1-3H3. The monoisotopic (exact) mass is 183 g/mol. The van der Waals surface area contributed by atoms with E-state index in [2.05, 4.69) is 26.2 Å². The first-order chi connectivity index (χ1) is 6.22. The molecule has 1 rings (SSSR count). The van der Waals surface area contributed by atoms with Crippen LogP contribution in [-0.2, 0) is 0 Å². The van der Waals surface area contributed by atoms with Gasteiger partial charge < -0.3 is 5.32 Å². The minimum absolute atomic E-state index is 0.823. The largest absolute Gasteiger partial charge is 0.317 e. The lowest BCUT2D eigenvalue weighted by Gasteiger charge is -2.11. The molecule has 0 bridgehead atoms. The molecule has 0 amide bonds. The van der Waals surface area contributed by atoms with Crippen LogP contribution in [0.1, 0.15) is 52.4 Å². The van der Waals surface area contributed by atoms with Crippen LogP contribution in [0, 0.1) is 11.8 Å². The molecule has 13 heavy (non-hydrogen) atoms. The van der Waals surface area contributed by atoms with Gasteiger partial charge in [-0.3, -0.25) is 0 Å². The summed E-state index contributed by atoms with van der Waals surface area (Å²) >= 11 is 0. The van der Waals surface area contributed by atoms with E-state index in [4.69, 9.17) is 0 Å². The molecule has 0 saturated heterocycles. The van der Waals surface area contributed by atoms with E-state index >= 15 is 0 Å². The maximum atomic E-state index is 3.39. The van der Waals surface area contributed by atoms with Crippen molar-refractivity contribution in [1.82, 2.24) is 5.32 Å². The Morgan fingerprint density at radius 1 is 1.31 bits per heavy atom. The third-order valence-corrected chi connectivity index (χ3v) is 3.34. The fourth-order valence-corrected chi connectivity index (χ4v) is 2.41. The molecule has 1 N–H and O–H groups in total. The smallest absolute Gasteiger partial charge is 0.00668 e. The zero-order valence-corrected chi connectivity index (χ0v) is 9.47. The van der Waals surface area contributed by atoms with Crippen molar-refractivity contribution in [1.29, 1.82) is 0 Å². The summed E-state index contributed by atoms with van der Waals surface area (Å²) in [6.45, 7) is 4.65. The normalized spacial score (nSPS) is 28.6. The van der Waals surface area contributed by atoms with Crippen LogP contribution in [0.4, 0.5) is 0 Å². The Morgan fingerprint density at radius 3 is 2.62 bits per heavy atom. The molecule has 0 aromatic heterocycles. The molecule has 0 aromatic carbocycles. The van der Waals surface area contributed by atoms with E-state index in [0.717, 1.165) is 17.9 Å². The summed E-state index contributed by atoms with van der Waals surface area (Å²) in [5.41, 5.74) is 0. The second kappa shape index (κ2) is 5.64. The van der Waals surface area contributed by atoms with Gasteiger partial charge >= 0.3 is 0 Å². The third-order valence-electron chi connectivity index (χ3n) is 3.34.